The van der Waals surface area contributed by atoms with E-state index < -0.39 is 23.7 Å². The van der Waals surface area contributed by atoms with Crippen LogP contribution in [0.25, 0.3) is 0 Å². The molecule has 1 aliphatic heterocycles. The van der Waals surface area contributed by atoms with E-state index in [1.807, 2.05) is 0 Å². The van der Waals surface area contributed by atoms with Crippen LogP contribution < -0.4 is 4.90 Å². The summed E-state index contributed by atoms with van der Waals surface area (Å²) in [5.74, 6) is -1.93. The van der Waals surface area contributed by atoms with Crippen LogP contribution in [0.1, 0.15) is 24.2 Å². The monoisotopic (exact) mass is 281 g/mol. The Morgan fingerprint density at radius 1 is 1.42 bits per heavy atom. The first-order chi connectivity index (χ1) is 8.97. The Bertz CT molecular complexity index is 570. The Hall–Kier alpha value is -1.88. The summed E-state index contributed by atoms with van der Waals surface area (Å²) < 4.78 is 4.87. The highest BCUT2D eigenvalue weighted by molar-refractivity contribution is 6.53. The normalized spacial score (nSPS) is 15.4. The molecule has 19 heavy (non-hydrogen) atoms. The fraction of sp³-hybridized carbons (Fsp3) is 0.308. The van der Waals surface area contributed by atoms with Crippen LogP contribution >= 0.6 is 11.6 Å². The summed E-state index contributed by atoms with van der Waals surface area (Å²) in [5, 5.41) is 0.391. The number of rotatable bonds is 3. The third-order valence-electron chi connectivity index (χ3n) is 2.89. The zero-order valence-corrected chi connectivity index (χ0v) is 11.2. The summed E-state index contributed by atoms with van der Waals surface area (Å²) in [7, 11) is 0. The van der Waals surface area contributed by atoms with Gasteiger partial charge in [0.25, 0.3) is 11.7 Å². The van der Waals surface area contributed by atoms with Crippen LogP contribution in [0, 0.1) is 0 Å². The van der Waals surface area contributed by atoms with Gasteiger partial charge in [-0.15, -0.1) is 0 Å². The first kappa shape index (κ1) is 13.5. The van der Waals surface area contributed by atoms with E-state index in [1.54, 1.807) is 6.92 Å². The Balaban J connectivity index is 2.42. The predicted molar refractivity (Wildman–Crippen MR) is 69.4 cm³/mol. The lowest BCUT2D eigenvalue weighted by molar-refractivity contribution is -0.145. The van der Waals surface area contributed by atoms with E-state index in [2.05, 4.69) is 0 Å². The van der Waals surface area contributed by atoms with Crippen LogP contribution in [0.15, 0.2) is 18.2 Å². The highest BCUT2D eigenvalue weighted by Crippen LogP contribution is 2.33. The van der Waals surface area contributed by atoms with Gasteiger partial charge in [-0.3, -0.25) is 14.5 Å². The molecule has 0 saturated heterocycles. The van der Waals surface area contributed by atoms with Gasteiger partial charge in [0.15, 0.2) is 0 Å². The maximum Gasteiger partial charge on any atom is 0.328 e. The van der Waals surface area contributed by atoms with E-state index in [9.17, 15) is 14.4 Å². The van der Waals surface area contributed by atoms with Crippen molar-refractivity contribution < 1.29 is 19.1 Å². The van der Waals surface area contributed by atoms with Gasteiger partial charge in [0, 0.05) is 5.02 Å². The number of benzene rings is 1. The Labute approximate surface area is 115 Å². The Morgan fingerprint density at radius 3 is 2.74 bits per heavy atom. The smallest absolute Gasteiger partial charge is 0.328 e. The average Bonchev–Trinajstić information content (AvgIpc) is 2.61. The molecule has 1 aromatic rings. The number of hydrogen-bond donors (Lipinski definition) is 0. The van der Waals surface area contributed by atoms with Crippen molar-refractivity contribution in [3.63, 3.8) is 0 Å². The molecule has 0 bridgehead atoms. The molecule has 0 aliphatic carbocycles. The minimum atomic E-state index is -0.865. The van der Waals surface area contributed by atoms with Crippen LogP contribution in [0.4, 0.5) is 5.69 Å². The van der Waals surface area contributed by atoms with E-state index in [0.717, 1.165) is 4.90 Å². The number of anilines is 1. The second-order valence-corrected chi connectivity index (χ2v) is 4.53. The second kappa shape index (κ2) is 5.01. The molecule has 6 heteroatoms. The van der Waals surface area contributed by atoms with Crippen LogP contribution in [0.2, 0.25) is 5.02 Å². The number of Topliss-reactive ketones (excluding diaryl/α,β-unsaturated/α-hetero) is 1. The molecule has 1 unspecified atom stereocenters. The molecule has 100 valence electrons. The molecule has 5 nitrogen and oxygen atoms in total. The van der Waals surface area contributed by atoms with Crippen LogP contribution in [-0.2, 0) is 14.3 Å². The van der Waals surface area contributed by atoms with Crippen molar-refractivity contribution in [3.05, 3.63) is 28.8 Å². The number of hydrogen-bond acceptors (Lipinski definition) is 4. The third kappa shape index (κ3) is 2.21. The third-order valence-corrected chi connectivity index (χ3v) is 3.13. The molecule has 0 fully saturated rings. The second-order valence-electron chi connectivity index (χ2n) is 4.09. The van der Waals surface area contributed by atoms with E-state index >= 15 is 0 Å². The maximum atomic E-state index is 11.9. The number of halogens is 1. The topological polar surface area (TPSA) is 63.7 Å². The SMILES string of the molecule is CCOC(=O)C(C)N1C(=O)C(=O)c2ccc(Cl)cc21. The molecule has 1 heterocycles. The van der Waals surface area contributed by atoms with Crippen molar-refractivity contribution in [3.8, 4) is 0 Å². The first-order valence-electron chi connectivity index (χ1n) is 5.81. The van der Waals surface area contributed by atoms with Gasteiger partial charge in [0.1, 0.15) is 6.04 Å². The van der Waals surface area contributed by atoms with E-state index in [1.165, 1.54) is 25.1 Å². The van der Waals surface area contributed by atoms with Crippen molar-refractivity contribution in [1.29, 1.82) is 0 Å². The minimum absolute atomic E-state index is 0.210. The number of amides is 1. The van der Waals surface area contributed by atoms with Gasteiger partial charge in [0.2, 0.25) is 0 Å². The number of esters is 1. The number of fused-ring (bicyclic) bond motifs is 1. The molecule has 1 aromatic carbocycles. The number of carbonyl (C=O) groups is 3. The Kier molecular flexibility index (Phi) is 3.57. The standard InChI is InChI=1S/C13H12ClNO4/c1-3-19-13(18)7(2)15-10-6-8(14)4-5-9(10)11(16)12(15)17/h4-7H,3H2,1-2H3. The molecule has 1 atom stereocenters. The molecular weight excluding hydrogens is 270 g/mol. The number of nitrogens with zero attached hydrogens (tertiary/aromatic N) is 1. The quantitative estimate of drug-likeness (QED) is 0.626. The fourth-order valence-electron chi connectivity index (χ4n) is 1.98. The molecule has 0 saturated carbocycles. The van der Waals surface area contributed by atoms with Crippen molar-refractivity contribution in [2.45, 2.75) is 19.9 Å². The molecule has 0 spiro atoms. The maximum absolute atomic E-state index is 11.9. The zero-order chi connectivity index (χ0) is 14.2. The lowest BCUT2D eigenvalue weighted by atomic mass is 10.1. The Morgan fingerprint density at radius 2 is 2.11 bits per heavy atom. The fourth-order valence-corrected chi connectivity index (χ4v) is 2.15. The summed E-state index contributed by atoms with van der Waals surface area (Å²) >= 11 is 5.86. The lowest BCUT2D eigenvalue weighted by Gasteiger charge is -2.22. The summed E-state index contributed by atoms with van der Waals surface area (Å²) in [6.45, 7) is 3.40. The highest BCUT2D eigenvalue weighted by Gasteiger charge is 2.41. The molecule has 0 N–H and O–H groups in total. The summed E-state index contributed by atoms with van der Waals surface area (Å²) in [6, 6.07) is 3.64. The van der Waals surface area contributed by atoms with E-state index in [4.69, 9.17) is 16.3 Å². The van der Waals surface area contributed by atoms with Gasteiger partial charge in [-0.2, -0.15) is 0 Å². The van der Waals surface area contributed by atoms with Gasteiger partial charge >= 0.3 is 5.97 Å². The van der Waals surface area contributed by atoms with Crippen molar-refractivity contribution in [1.82, 2.24) is 0 Å². The molecular formula is C13H12ClNO4. The average molecular weight is 282 g/mol. The van der Waals surface area contributed by atoms with Gasteiger partial charge < -0.3 is 4.74 Å². The van der Waals surface area contributed by atoms with Gasteiger partial charge in [0.05, 0.1) is 17.9 Å². The number of ketones is 1. The summed E-state index contributed by atoms with van der Waals surface area (Å²) in [6.07, 6.45) is 0. The van der Waals surface area contributed by atoms with Crippen molar-refractivity contribution in [2.75, 3.05) is 11.5 Å². The molecule has 2 rings (SSSR count). The number of carbonyl (C=O) groups excluding carboxylic acids is 3. The van der Waals surface area contributed by atoms with E-state index in [-0.39, 0.29) is 12.2 Å². The number of ether oxygens (including phenoxy) is 1. The first-order valence-corrected chi connectivity index (χ1v) is 6.19. The molecule has 0 aromatic heterocycles. The van der Waals surface area contributed by atoms with Crippen LogP contribution in [0.5, 0.6) is 0 Å². The van der Waals surface area contributed by atoms with Crippen molar-refractivity contribution >= 4 is 34.9 Å². The van der Waals surface area contributed by atoms with E-state index in [0.29, 0.717) is 10.7 Å². The predicted octanol–water partition coefficient (Wildman–Crippen LogP) is 1.82. The zero-order valence-electron chi connectivity index (χ0n) is 10.5. The highest BCUT2D eigenvalue weighted by atomic mass is 35.5. The van der Waals surface area contributed by atoms with Gasteiger partial charge in [-0.25, -0.2) is 4.79 Å². The van der Waals surface area contributed by atoms with Crippen molar-refractivity contribution in [2.24, 2.45) is 0 Å². The van der Waals surface area contributed by atoms with Crippen LogP contribution in [-0.4, -0.2) is 30.3 Å². The minimum Gasteiger partial charge on any atom is -0.464 e. The summed E-state index contributed by atoms with van der Waals surface area (Å²) in [5.41, 5.74) is 0.605. The van der Waals surface area contributed by atoms with Gasteiger partial charge in [-0.05, 0) is 32.0 Å². The molecule has 0 radical (unpaired) electrons. The van der Waals surface area contributed by atoms with Gasteiger partial charge in [-0.1, -0.05) is 11.6 Å². The summed E-state index contributed by atoms with van der Waals surface area (Å²) in [4.78, 5) is 36.6. The van der Waals surface area contributed by atoms with Crippen LogP contribution in [0.3, 0.4) is 0 Å². The lowest BCUT2D eigenvalue weighted by Crippen LogP contribution is -2.43. The largest absolute Gasteiger partial charge is 0.464 e. The molecule has 1 amide bonds. The molecule has 1 aliphatic rings.